The molecule has 7 rings (SSSR count). The van der Waals surface area contributed by atoms with Crippen LogP contribution in [-0.4, -0.2) is 66.4 Å². The number of ketones is 1. The fraction of sp³-hybridized carbons (Fsp3) is 0.261. The van der Waals surface area contributed by atoms with Crippen molar-refractivity contribution in [2.45, 2.75) is 69.5 Å². The van der Waals surface area contributed by atoms with E-state index in [-0.39, 0.29) is 44.3 Å². The molecule has 5 aromatic carbocycles. The number of carbonyl (C=O) groups is 2. The number of Topliss-reactive ketones (excluding diaryl/α,β-unsaturated/α-hetero) is 1. The molecule has 10 nitrogen and oxygen atoms in total. The molecule has 1 aliphatic heterocycles. The molecule has 1 aliphatic rings. The number of aromatic nitrogens is 1. The lowest BCUT2D eigenvalue weighted by atomic mass is 9.97. The molecule has 1 saturated heterocycles. The predicted octanol–water partition coefficient (Wildman–Crippen LogP) is 9.46. The molecule has 0 aliphatic carbocycles. The van der Waals surface area contributed by atoms with Crippen LogP contribution >= 0.6 is 0 Å². The van der Waals surface area contributed by atoms with Crippen LogP contribution in [0, 0.1) is 0 Å². The van der Waals surface area contributed by atoms with E-state index in [4.69, 9.17) is 33.2 Å². The van der Waals surface area contributed by atoms with E-state index < -0.39 is 71.5 Å². The molecular formula is C46H39F6NO9. The highest BCUT2D eigenvalue weighted by Crippen LogP contribution is 2.43. The van der Waals surface area contributed by atoms with E-state index in [1.807, 2.05) is 18.2 Å². The van der Waals surface area contributed by atoms with Gasteiger partial charge in [0.05, 0.1) is 42.9 Å². The van der Waals surface area contributed by atoms with Crippen molar-refractivity contribution in [3.05, 3.63) is 167 Å². The van der Waals surface area contributed by atoms with Gasteiger partial charge in [-0.25, -0.2) is 4.79 Å². The molecular weight excluding hydrogens is 824 g/mol. The summed E-state index contributed by atoms with van der Waals surface area (Å²) < 4.78 is 127. The number of halogens is 6. The number of H-pyrrole nitrogens is 1. The molecule has 16 heteroatoms. The van der Waals surface area contributed by atoms with E-state index in [2.05, 4.69) is 4.98 Å². The van der Waals surface area contributed by atoms with Gasteiger partial charge in [-0.2, -0.15) is 26.3 Å². The Labute approximate surface area is 351 Å². The number of hydrogen-bond donors (Lipinski definition) is 1. The number of carbonyl (C=O) groups excluding carboxylic acids is 2. The first-order chi connectivity index (χ1) is 29.8. The van der Waals surface area contributed by atoms with Crippen LogP contribution in [0.15, 0.2) is 140 Å². The lowest BCUT2D eigenvalue weighted by molar-refractivity contribution is -0.308. The van der Waals surface area contributed by atoms with Crippen LogP contribution in [-0.2, 0) is 54.9 Å². The summed E-state index contributed by atoms with van der Waals surface area (Å²) in [6.07, 6.45) is -18.4. The number of esters is 1. The molecule has 0 spiro atoms. The van der Waals surface area contributed by atoms with E-state index in [0.29, 0.717) is 16.7 Å². The number of nitrogens with one attached hydrogen (secondary N) is 1. The minimum atomic E-state index is -5.53. The standard InChI is InChI=1S/C46H39F6NO9/c47-45(48,49)42(54)33-23-53-34-21-22-35(57-25-30-15-7-2-8-16-30)38(37(33)34)61-43-41(62-44(55)46(50,51)52)40(59-27-32-19-11-4-12-20-32)39(58-26-31-17-9-3-10-18-31)36(60-43)28-56-24-29-13-5-1-6-14-29/h1-23,36,39-41,43,53H,24-28H2/t36-,39-,40+,41-,43+/m1/s1. The molecule has 0 radical (unpaired) electrons. The van der Waals surface area contributed by atoms with Crippen molar-refractivity contribution >= 4 is 22.7 Å². The van der Waals surface area contributed by atoms with Crippen LogP contribution in [0.2, 0.25) is 0 Å². The molecule has 2 heterocycles. The topological polar surface area (TPSA) is 115 Å². The number of hydrogen-bond acceptors (Lipinski definition) is 9. The molecule has 0 saturated carbocycles. The zero-order chi connectivity index (χ0) is 43.7. The summed E-state index contributed by atoms with van der Waals surface area (Å²) >= 11 is 0. The van der Waals surface area contributed by atoms with Gasteiger partial charge < -0.3 is 38.1 Å². The summed E-state index contributed by atoms with van der Waals surface area (Å²) in [5, 5.41) is -0.427. The molecule has 1 aromatic heterocycles. The largest absolute Gasteiger partial charge is 0.490 e. The van der Waals surface area contributed by atoms with Gasteiger partial charge in [0, 0.05) is 6.20 Å². The van der Waals surface area contributed by atoms with E-state index >= 15 is 0 Å². The highest BCUT2D eigenvalue weighted by atomic mass is 19.4. The molecule has 1 fully saturated rings. The summed E-state index contributed by atoms with van der Waals surface area (Å²) in [6, 6.07) is 37.8. The molecule has 5 atom stereocenters. The van der Waals surface area contributed by atoms with Crippen molar-refractivity contribution in [2.24, 2.45) is 0 Å². The third-order valence-corrected chi connectivity index (χ3v) is 9.77. The average molecular weight is 864 g/mol. The van der Waals surface area contributed by atoms with Crippen LogP contribution in [0.1, 0.15) is 32.6 Å². The van der Waals surface area contributed by atoms with Crippen LogP contribution < -0.4 is 9.47 Å². The van der Waals surface area contributed by atoms with Gasteiger partial charge >= 0.3 is 18.3 Å². The smallest absolute Gasteiger partial charge is 0.485 e. The Bertz CT molecular complexity index is 2380. The Kier molecular flexibility index (Phi) is 13.9. The molecule has 0 unspecified atom stereocenters. The monoisotopic (exact) mass is 863 g/mol. The van der Waals surface area contributed by atoms with Gasteiger partial charge in [0.1, 0.15) is 24.9 Å². The molecule has 324 valence electrons. The fourth-order valence-electron chi connectivity index (χ4n) is 6.80. The maximum atomic E-state index is 14.1. The van der Waals surface area contributed by atoms with Crippen molar-refractivity contribution in [2.75, 3.05) is 6.61 Å². The van der Waals surface area contributed by atoms with Gasteiger partial charge in [-0.15, -0.1) is 0 Å². The Morgan fingerprint density at radius 3 is 1.65 bits per heavy atom. The number of benzene rings is 5. The van der Waals surface area contributed by atoms with E-state index in [1.54, 1.807) is 103 Å². The van der Waals surface area contributed by atoms with Crippen molar-refractivity contribution in [3.8, 4) is 11.5 Å². The highest BCUT2D eigenvalue weighted by molar-refractivity contribution is 6.12. The molecule has 0 bridgehead atoms. The van der Waals surface area contributed by atoms with Crippen molar-refractivity contribution in [1.29, 1.82) is 0 Å². The summed E-state index contributed by atoms with van der Waals surface area (Å²) in [5.74, 6) is -5.63. The number of aromatic amines is 1. The highest BCUT2D eigenvalue weighted by Gasteiger charge is 2.54. The molecule has 6 aromatic rings. The van der Waals surface area contributed by atoms with Crippen molar-refractivity contribution < 1.29 is 69.1 Å². The maximum Gasteiger partial charge on any atom is 0.490 e. The third kappa shape index (κ3) is 11.0. The minimum absolute atomic E-state index is 0.0250. The predicted molar refractivity (Wildman–Crippen MR) is 211 cm³/mol. The Balaban J connectivity index is 1.34. The SMILES string of the molecule is O=C(O[C@H]1[C@H](Oc2c(OCc3ccccc3)ccc3[nH]cc(C(=O)C(F)(F)F)c23)O[C@H](COCc2ccccc2)[C@@H](OCc2ccccc2)[C@@H]1OCc1ccccc1)C(F)(F)F. The van der Waals surface area contributed by atoms with Crippen molar-refractivity contribution in [3.63, 3.8) is 0 Å². The van der Waals surface area contributed by atoms with Crippen molar-refractivity contribution in [1.82, 2.24) is 4.98 Å². The Hall–Kier alpha value is -6.20. The van der Waals surface area contributed by atoms with E-state index in [9.17, 15) is 35.9 Å². The molecule has 0 amide bonds. The minimum Gasteiger partial charge on any atom is -0.485 e. The number of fused-ring (bicyclic) bond motifs is 1. The van der Waals surface area contributed by atoms with Gasteiger partial charge in [-0.05, 0) is 34.4 Å². The van der Waals surface area contributed by atoms with Gasteiger partial charge in [0.15, 0.2) is 17.6 Å². The van der Waals surface area contributed by atoms with Gasteiger partial charge in [-0.3, -0.25) is 4.79 Å². The molecule has 62 heavy (non-hydrogen) atoms. The first kappa shape index (κ1) is 43.9. The Morgan fingerprint density at radius 2 is 1.11 bits per heavy atom. The van der Waals surface area contributed by atoms with Crippen LogP contribution in [0.5, 0.6) is 11.5 Å². The number of rotatable bonds is 17. The fourth-order valence-corrected chi connectivity index (χ4v) is 6.80. The van der Waals surface area contributed by atoms with E-state index in [1.165, 1.54) is 12.1 Å². The lowest BCUT2D eigenvalue weighted by Gasteiger charge is -2.45. The summed E-state index contributed by atoms with van der Waals surface area (Å²) in [4.78, 5) is 28.3. The zero-order valence-electron chi connectivity index (χ0n) is 32.6. The normalized spacial score (nSPS) is 19.2. The second kappa shape index (κ2) is 19.7. The number of alkyl halides is 6. The first-order valence-corrected chi connectivity index (χ1v) is 19.3. The summed E-state index contributed by atoms with van der Waals surface area (Å²) in [5.41, 5.74) is 1.75. The molecule has 1 N–H and O–H groups in total. The van der Waals surface area contributed by atoms with Crippen LogP contribution in [0.3, 0.4) is 0 Å². The number of ether oxygens (including phenoxy) is 7. The average Bonchev–Trinajstić information content (AvgIpc) is 3.70. The quantitative estimate of drug-likeness (QED) is 0.0544. The van der Waals surface area contributed by atoms with Crippen LogP contribution in [0.4, 0.5) is 26.3 Å². The van der Waals surface area contributed by atoms with E-state index in [0.717, 1.165) is 11.8 Å². The first-order valence-electron chi connectivity index (χ1n) is 19.3. The zero-order valence-corrected chi connectivity index (χ0v) is 32.6. The second-order valence-corrected chi connectivity index (χ2v) is 14.2. The summed E-state index contributed by atoms with van der Waals surface area (Å²) in [7, 11) is 0. The van der Waals surface area contributed by atoms with Gasteiger partial charge in [0.2, 0.25) is 6.29 Å². The van der Waals surface area contributed by atoms with Gasteiger partial charge in [0.25, 0.3) is 5.78 Å². The van der Waals surface area contributed by atoms with Gasteiger partial charge in [-0.1, -0.05) is 121 Å². The maximum absolute atomic E-state index is 14.1. The third-order valence-electron chi connectivity index (χ3n) is 9.77. The second-order valence-electron chi connectivity index (χ2n) is 14.2. The summed E-state index contributed by atoms with van der Waals surface area (Å²) in [6.45, 7) is -0.721. The lowest BCUT2D eigenvalue weighted by Crippen LogP contribution is -2.63. The Morgan fingerprint density at radius 1 is 0.597 bits per heavy atom. The van der Waals surface area contributed by atoms with Crippen LogP contribution in [0.25, 0.3) is 10.9 Å².